The van der Waals surface area contributed by atoms with E-state index in [1.165, 1.54) is 0 Å². The van der Waals surface area contributed by atoms with Crippen LogP contribution in [0.4, 0.5) is 5.69 Å². The van der Waals surface area contributed by atoms with Gasteiger partial charge in [-0.3, -0.25) is 4.79 Å². The molecule has 0 aliphatic carbocycles. The predicted molar refractivity (Wildman–Crippen MR) is 72.5 cm³/mol. The minimum atomic E-state index is 0.0157. The van der Waals surface area contributed by atoms with E-state index < -0.39 is 0 Å². The molecule has 1 N–H and O–H groups in total. The van der Waals surface area contributed by atoms with E-state index in [2.05, 4.69) is 5.32 Å². The second-order valence-electron chi connectivity index (χ2n) is 3.87. The molecular formula is C14H14ClNO. The first-order valence-electron chi connectivity index (χ1n) is 5.65. The molecular weight excluding hydrogens is 234 g/mol. The lowest BCUT2D eigenvalue weighted by molar-refractivity contribution is -0.116. The molecule has 2 aromatic rings. The number of rotatable bonds is 4. The van der Waals surface area contributed by atoms with Gasteiger partial charge < -0.3 is 5.32 Å². The molecule has 1 amide bonds. The molecule has 0 aliphatic rings. The number of nitrogens with one attached hydrogen (secondary N) is 1. The topological polar surface area (TPSA) is 29.1 Å². The van der Waals surface area contributed by atoms with E-state index >= 15 is 0 Å². The summed E-state index contributed by atoms with van der Waals surface area (Å²) in [6, 6.07) is 13.9. The van der Waals surface area contributed by atoms with Crippen LogP contribution in [0.15, 0.2) is 42.5 Å². The molecule has 0 spiro atoms. The molecule has 2 nitrogen and oxygen atoms in total. The largest absolute Gasteiger partial charge is 0.326 e. The Labute approximate surface area is 106 Å². The highest BCUT2D eigenvalue weighted by Crippen LogP contribution is 2.23. The van der Waals surface area contributed by atoms with Crippen molar-refractivity contribution in [3.05, 3.63) is 42.5 Å². The zero-order chi connectivity index (χ0) is 12.1. The molecule has 0 atom stereocenters. The summed E-state index contributed by atoms with van der Waals surface area (Å²) in [4.78, 5) is 11.6. The van der Waals surface area contributed by atoms with E-state index in [0.29, 0.717) is 18.7 Å². The molecule has 0 fully saturated rings. The van der Waals surface area contributed by atoms with Crippen molar-refractivity contribution in [1.29, 1.82) is 0 Å². The van der Waals surface area contributed by atoms with Gasteiger partial charge in [0.25, 0.3) is 0 Å². The second kappa shape index (κ2) is 5.69. The first-order chi connectivity index (χ1) is 8.31. The average molecular weight is 248 g/mol. The number of carbonyl (C=O) groups excluding carboxylic acids is 1. The number of hydrogen-bond donors (Lipinski definition) is 1. The Morgan fingerprint density at radius 2 is 1.88 bits per heavy atom. The molecule has 0 aliphatic heterocycles. The summed E-state index contributed by atoms with van der Waals surface area (Å²) in [5, 5.41) is 5.11. The minimum absolute atomic E-state index is 0.0157. The van der Waals surface area contributed by atoms with Gasteiger partial charge in [0.1, 0.15) is 0 Å². The Bertz CT molecular complexity index is 519. The van der Waals surface area contributed by atoms with Crippen molar-refractivity contribution in [2.75, 3.05) is 11.2 Å². The summed E-state index contributed by atoms with van der Waals surface area (Å²) in [6.45, 7) is 0. The number of halogens is 1. The Morgan fingerprint density at radius 3 is 2.71 bits per heavy atom. The highest BCUT2D eigenvalue weighted by Gasteiger charge is 2.04. The number of hydrogen-bond acceptors (Lipinski definition) is 1. The van der Waals surface area contributed by atoms with Crippen LogP contribution in [0.2, 0.25) is 0 Å². The SMILES string of the molecule is O=C(CCCCl)Nc1cccc2ccccc12. The molecule has 0 radical (unpaired) electrons. The number of fused-ring (bicyclic) bond motifs is 1. The van der Waals surface area contributed by atoms with Crippen molar-refractivity contribution in [2.24, 2.45) is 0 Å². The fraction of sp³-hybridized carbons (Fsp3) is 0.214. The summed E-state index contributed by atoms with van der Waals surface area (Å²) in [5.74, 6) is 0.533. The molecule has 0 heterocycles. The number of benzene rings is 2. The van der Waals surface area contributed by atoms with Crippen LogP contribution in [0.25, 0.3) is 10.8 Å². The molecule has 88 valence electrons. The van der Waals surface area contributed by atoms with Crippen LogP contribution in [-0.2, 0) is 4.79 Å². The number of carbonyl (C=O) groups is 1. The van der Waals surface area contributed by atoms with Crippen molar-refractivity contribution in [2.45, 2.75) is 12.8 Å². The van der Waals surface area contributed by atoms with Gasteiger partial charge in [-0.05, 0) is 17.9 Å². The predicted octanol–water partition coefficient (Wildman–Crippen LogP) is 3.80. The maximum atomic E-state index is 11.6. The monoisotopic (exact) mass is 247 g/mol. The standard InChI is InChI=1S/C14H14ClNO/c15-10-4-9-14(17)16-13-8-3-6-11-5-1-2-7-12(11)13/h1-3,5-8H,4,9-10H2,(H,16,17). The van der Waals surface area contributed by atoms with Gasteiger partial charge in [0.15, 0.2) is 0 Å². The summed E-state index contributed by atoms with van der Waals surface area (Å²) >= 11 is 5.56. The van der Waals surface area contributed by atoms with Crippen molar-refractivity contribution in [1.82, 2.24) is 0 Å². The van der Waals surface area contributed by atoms with Crippen LogP contribution in [0.1, 0.15) is 12.8 Å². The van der Waals surface area contributed by atoms with Crippen molar-refractivity contribution < 1.29 is 4.79 Å². The Balaban J connectivity index is 2.21. The number of alkyl halides is 1. The zero-order valence-electron chi connectivity index (χ0n) is 9.45. The van der Waals surface area contributed by atoms with Crippen LogP contribution in [0.5, 0.6) is 0 Å². The van der Waals surface area contributed by atoms with Gasteiger partial charge in [-0.2, -0.15) is 0 Å². The van der Waals surface area contributed by atoms with E-state index in [4.69, 9.17) is 11.6 Å². The maximum absolute atomic E-state index is 11.6. The first kappa shape index (κ1) is 11.9. The Kier molecular flexibility index (Phi) is 3.99. The average Bonchev–Trinajstić information content (AvgIpc) is 2.37. The van der Waals surface area contributed by atoms with Gasteiger partial charge in [0, 0.05) is 23.4 Å². The quantitative estimate of drug-likeness (QED) is 0.819. The fourth-order valence-corrected chi connectivity index (χ4v) is 1.91. The third kappa shape index (κ3) is 2.98. The van der Waals surface area contributed by atoms with Gasteiger partial charge >= 0.3 is 0 Å². The summed E-state index contributed by atoms with van der Waals surface area (Å²) in [5.41, 5.74) is 0.864. The Hall–Kier alpha value is -1.54. The molecule has 2 rings (SSSR count). The van der Waals surface area contributed by atoms with Crippen LogP contribution in [0.3, 0.4) is 0 Å². The second-order valence-corrected chi connectivity index (χ2v) is 4.25. The van der Waals surface area contributed by atoms with Crippen molar-refractivity contribution >= 4 is 34.0 Å². The molecule has 0 saturated carbocycles. The zero-order valence-corrected chi connectivity index (χ0v) is 10.2. The Morgan fingerprint density at radius 1 is 1.12 bits per heavy atom. The highest BCUT2D eigenvalue weighted by molar-refractivity contribution is 6.18. The van der Waals surface area contributed by atoms with Gasteiger partial charge in [-0.1, -0.05) is 36.4 Å². The molecule has 0 bridgehead atoms. The summed E-state index contributed by atoms with van der Waals surface area (Å²) in [7, 11) is 0. The van der Waals surface area contributed by atoms with Gasteiger partial charge in [-0.15, -0.1) is 11.6 Å². The third-order valence-corrected chi connectivity index (χ3v) is 2.87. The number of anilines is 1. The van der Waals surface area contributed by atoms with Crippen molar-refractivity contribution in [3.63, 3.8) is 0 Å². The lowest BCUT2D eigenvalue weighted by atomic mass is 10.1. The highest BCUT2D eigenvalue weighted by atomic mass is 35.5. The van der Waals surface area contributed by atoms with Crippen LogP contribution >= 0.6 is 11.6 Å². The van der Waals surface area contributed by atoms with Gasteiger partial charge in [0.2, 0.25) is 5.91 Å². The molecule has 0 unspecified atom stereocenters. The van der Waals surface area contributed by atoms with E-state index in [0.717, 1.165) is 16.5 Å². The van der Waals surface area contributed by atoms with Gasteiger partial charge in [0.05, 0.1) is 0 Å². The molecule has 17 heavy (non-hydrogen) atoms. The fourth-order valence-electron chi connectivity index (χ4n) is 1.77. The van der Waals surface area contributed by atoms with Crippen LogP contribution in [-0.4, -0.2) is 11.8 Å². The van der Waals surface area contributed by atoms with E-state index in [1.54, 1.807) is 0 Å². The number of amides is 1. The first-order valence-corrected chi connectivity index (χ1v) is 6.18. The smallest absolute Gasteiger partial charge is 0.224 e. The van der Waals surface area contributed by atoms with E-state index in [9.17, 15) is 4.79 Å². The lowest BCUT2D eigenvalue weighted by Crippen LogP contribution is -2.11. The molecule has 0 saturated heterocycles. The van der Waals surface area contributed by atoms with Crippen LogP contribution in [0, 0.1) is 0 Å². The lowest BCUT2D eigenvalue weighted by Gasteiger charge is -2.08. The van der Waals surface area contributed by atoms with Crippen molar-refractivity contribution in [3.8, 4) is 0 Å². The maximum Gasteiger partial charge on any atom is 0.224 e. The van der Waals surface area contributed by atoms with E-state index in [1.807, 2.05) is 42.5 Å². The normalized spacial score (nSPS) is 10.4. The van der Waals surface area contributed by atoms with E-state index in [-0.39, 0.29) is 5.91 Å². The molecule has 2 aromatic carbocycles. The summed E-state index contributed by atoms with van der Waals surface area (Å²) in [6.07, 6.45) is 1.17. The third-order valence-electron chi connectivity index (χ3n) is 2.60. The van der Waals surface area contributed by atoms with Gasteiger partial charge in [-0.25, -0.2) is 0 Å². The summed E-state index contributed by atoms with van der Waals surface area (Å²) < 4.78 is 0. The molecule has 3 heteroatoms. The molecule has 0 aromatic heterocycles. The van der Waals surface area contributed by atoms with Crippen LogP contribution < -0.4 is 5.32 Å². The minimum Gasteiger partial charge on any atom is -0.326 e.